The van der Waals surface area contributed by atoms with Crippen LogP contribution < -0.4 is 5.32 Å². The fourth-order valence-electron chi connectivity index (χ4n) is 3.68. The lowest BCUT2D eigenvalue weighted by molar-refractivity contribution is -0.128. The van der Waals surface area contributed by atoms with Crippen LogP contribution in [0.25, 0.3) is 0 Å². The Labute approximate surface area is 169 Å². The predicted molar refractivity (Wildman–Crippen MR) is 112 cm³/mol. The SMILES string of the molecule is CCOC(=O)c1c(NC(=S)N2CCCN(C(C)=O)CC2)sc2c1CCCC2. The number of nitrogens with zero attached hydrogens (tertiary/aromatic N) is 2. The topological polar surface area (TPSA) is 61.9 Å². The molecule has 1 amide bonds. The van der Waals surface area contributed by atoms with Gasteiger partial charge in [-0.3, -0.25) is 4.79 Å². The number of esters is 1. The van der Waals surface area contributed by atoms with Crippen LogP contribution in [0.15, 0.2) is 0 Å². The number of hydrogen-bond acceptors (Lipinski definition) is 5. The molecule has 0 spiro atoms. The molecule has 1 aliphatic heterocycles. The molecule has 2 aliphatic rings. The Bertz CT molecular complexity index is 732. The van der Waals surface area contributed by atoms with Crippen LogP contribution in [0.5, 0.6) is 0 Å². The average Bonchev–Trinajstić information content (AvgIpc) is 2.82. The summed E-state index contributed by atoms with van der Waals surface area (Å²) in [5, 5.41) is 4.74. The second kappa shape index (κ2) is 9.01. The minimum atomic E-state index is -0.263. The van der Waals surface area contributed by atoms with Gasteiger partial charge in [-0.15, -0.1) is 11.3 Å². The first-order valence-electron chi connectivity index (χ1n) is 9.64. The summed E-state index contributed by atoms with van der Waals surface area (Å²) in [6, 6.07) is 0. The highest BCUT2D eigenvalue weighted by molar-refractivity contribution is 7.80. The maximum atomic E-state index is 12.6. The molecule has 6 nitrogen and oxygen atoms in total. The van der Waals surface area contributed by atoms with Crippen molar-refractivity contribution in [1.29, 1.82) is 0 Å². The van der Waals surface area contributed by atoms with Crippen molar-refractivity contribution < 1.29 is 14.3 Å². The van der Waals surface area contributed by atoms with Crippen molar-refractivity contribution in [3.63, 3.8) is 0 Å². The number of anilines is 1. The van der Waals surface area contributed by atoms with Crippen molar-refractivity contribution in [2.75, 3.05) is 38.1 Å². The van der Waals surface area contributed by atoms with E-state index >= 15 is 0 Å². The van der Waals surface area contributed by atoms with Gasteiger partial charge >= 0.3 is 5.97 Å². The van der Waals surface area contributed by atoms with E-state index in [4.69, 9.17) is 17.0 Å². The lowest BCUT2D eigenvalue weighted by Crippen LogP contribution is -2.38. The zero-order valence-electron chi connectivity index (χ0n) is 16.0. The van der Waals surface area contributed by atoms with Crippen molar-refractivity contribution in [3.05, 3.63) is 16.0 Å². The van der Waals surface area contributed by atoms with Crippen LogP contribution in [0, 0.1) is 0 Å². The van der Waals surface area contributed by atoms with Crippen molar-refractivity contribution in [3.8, 4) is 0 Å². The summed E-state index contributed by atoms with van der Waals surface area (Å²) in [7, 11) is 0. The summed E-state index contributed by atoms with van der Waals surface area (Å²) in [6.07, 6.45) is 5.08. The second-order valence-electron chi connectivity index (χ2n) is 6.91. The molecule has 8 heteroatoms. The number of amides is 1. The van der Waals surface area contributed by atoms with Gasteiger partial charge < -0.3 is 19.9 Å². The maximum absolute atomic E-state index is 12.6. The highest BCUT2D eigenvalue weighted by atomic mass is 32.1. The number of ether oxygens (including phenoxy) is 1. The Hall–Kier alpha value is -1.67. The number of carbonyl (C=O) groups is 2. The number of hydrogen-bond donors (Lipinski definition) is 1. The smallest absolute Gasteiger partial charge is 0.341 e. The Morgan fingerprint density at radius 3 is 2.56 bits per heavy atom. The molecule has 0 saturated carbocycles. The molecule has 27 heavy (non-hydrogen) atoms. The van der Waals surface area contributed by atoms with E-state index in [2.05, 4.69) is 10.2 Å². The normalized spacial score (nSPS) is 17.1. The van der Waals surface area contributed by atoms with Gasteiger partial charge in [-0.2, -0.15) is 0 Å². The lowest BCUT2D eigenvalue weighted by Gasteiger charge is -2.24. The summed E-state index contributed by atoms with van der Waals surface area (Å²) in [5.41, 5.74) is 1.80. The number of nitrogens with one attached hydrogen (secondary N) is 1. The number of aryl methyl sites for hydroxylation is 1. The molecule has 1 aromatic rings. The first-order chi connectivity index (χ1) is 13.0. The fraction of sp³-hybridized carbons (Fsp3) is 0.632. The third-order valence-corrected chi connectivity index (χ3v) is 6.67. The highest BCUT2D eigenvalue weighted by Crippen LogP contribution is 2.38. The summed E-state index contributed by atoms with van der Waals surface area (Å²) in [5.74, 6) is -0.160. The van der Waals surface area contributed by atoms with Gasteiger partial charge in [0.15, 0.2) is 5.11 Å². The van der Waals surface area contributed by atoms with E-state index in [-0.39, 0.29) is 11.9 Å². The Morgan fingerprint density at radius 1 is 1.11 bits per heavy atom. The van der Waals surface area contributed by atoms with E-state index < -0.39 is 0 Å². The van der Waals surface area contributed by atoms with Crippen LogP contribution in [0.1, 0.15) is 53.9 Å². The van der Waals surface area contributed by atoms with Gasteiger partial charge in [0.1, 0.15) is 5.00 Å². The molecule has 1 saturated heterocycles. The van der Waals surface area contributed by atoms with E-state index in [1.165, 1.54) is 4.88 Å². The first-order valence-corrected chi connectivity index (χ1v) is 10.9. The third kappa shape index (κ3) is 4.60. The molecule has 0 unspecified atom stereocenters. The molecule has 0 bridgehead atoms. The van der Waals surface area contributed by atoms with E-state index in [1.807, 2.05) is 11.8 Å². The molecule has 1 fully saturated rings. The lowest BCUT2D eigenvalue weighted by atomic mass is 9.95. The van der Waals surface area contributed by atoms with E-state index in [0.29, 0.717) is 30.4 Å². The van der Waals surface area contributed by atoms with Crippen LogP contribution >= 0.6 is 23.6 Å². The Balaban J connectivity index is 1.76. The van der Waals surface area contributed by atoms with Crippen molar-refractivity contribution in [1.82, 2.24) is 9.80 Å². The van der Waals surface area contributed by atoms with E-state index in [0.717, 1.165) is 55.8 Å². The summed E-state index contributed by atoms with van der Waals surface area (Å²) in [4.78, 5) is 29.4. The molecule has 0 aromatic carbocycles. The van der Waals surface area contributed by atoms with Crippen LogP contribution in [0.4, 0.5) is 5.00 Å². The zero-order chi connectivity index (χ0) is 19.4. The summed E-state index contributed by atoms with van der Waals surface area (Å²) in [6.45, 7) is 6.72. The molecule has 0 atom stereocenters. The van der Waals surface area contributed by atoms with Crippen LogP contribution in [-0.4, -0.2) is 59.6 Å². The fourth-order valence-corrected chi connectivity index (χ4v) is 5.31. The minimum Gasteiger partial charge on any atom is -0.462 e. The number of thiocarbonyl (C=S) groups is 1. The molecular weight excluding hydrogens is 382 g/mol. The monoisotopic (exact) mass is 409 g/mol. The molecule has 2 heterocycles. The van der Waals surface area contributed by atoms with E-state index in [9.17, 15) is 9.59 Å². The van der Waals surface area contributed by atoms with Crippen molar-refractivity contribution in [2.45, 2.75) is 46.0 Å². The quantitative estimate of drug-likeness (QED) is 0.612. The average molecular weight is 410 g/mol. The molecule has 0 radical (unpaired) electrons. The summed E-state index contributed by atoms with van der Waals surface area (Å²) >= 11 is 7.27. The molecule has 1 aliphatic carbocycles. The van der Waals surface area contributed by atoms with Crippen LogP contribution in [-0.2, 0) is 22.4 Å². The molecule has 1 N–H and O–H groups in total. The molecule has 1 aromatic heterocycles. The van der Waals surface area contributed by atoms with Gasteiger partial charge in [0.2, 0.25) is 5.91 Å². The Morgan fingerprint density at radius 2 is 1.81 bits per heavy atom. The third-order valence-electron chi connectivity index (χ3n) is 5.10. The van der Waals surface area contributed by atoms with Gasteiger partial charge in [-0.1, -0.05) is 0 Å². The maximum Gasteiger partial charge on any atom is 0.341 e. The standard InChI is InChI=1S/C19H27N3O3S2/c1-3-25-18(24)16-14-7-4-5-8-15(14)27-17(16)20-19(26)22-10-6-9-21(11-12-22)13(2)23/h3-12H2,1-2H3,(H,20,26). The number of rotatable bonds is 3. The van der Waals surface area contributed by atoms with E-state index in [1.54, 1.807) is 18.3 Å². The van der Waals surface area contributed by atoms with Gasteiger partial charge in [0.25, 0.3) is 0 Å². The van der Waals surface area contributed by atoms with Crippen molar-refractivity contribution >= 4 is 45.5 Å². The van der Waals surface area contributed by atoms with Crippen molar-refractivity contribution in [2.24, 2.45) is 0 Å². The minimum absolute atomic E-state index is 0.103. The van der Waals surface area contributed by atoms with Gasteiger partial charge in [0.05, 0.1) is 12.2 Å². The predicted octanol–water partition coefficient (Wildman–Crippen LogP) is 3.05. The largest absolute Gasteiger partial charge is 0.462 e. The molecule has 3 rings (SSSR count). The highest BCUT2D eigenvalue weighted by Gasteiger charge is 2.28. The number of fused-ring (bicyclic) bond motifs is 1. The zero-order valence-corrected chi connectivity index (χ0v) is 17.6. The Kier molecular flexibility index (Phi) is 6.70. The summed E-state index contributed by atoms with van der Waals surface area (Å²) < 4.78 is 5.31. The first kappa shape index (κ1) is 20.1. The van der Waals surface area contributed by atoms with Gasteiger partial charge in [-0.25, -0.2) is 4.79 Å². The van der Waals surface area contributed by atoms with Gasteiger partial charge in [-0.05, 0) is 56.8 Å². The number of thiophene rings is 1. The van der Waals surface area contributed by atoms with Gasteiger partial charge in [0, 0.05) is 38.0 Å². The second-order valence-corrected chi connectivity index (χ2v) is 8.40. The molecular formula is C19H27N3O3S2. The van der Waals surface area contributed by atoms with Crippen LogP contribution in [0.2, 0.25) is 0 Å². The van der Waals surface area contributed by atoms with Crippen LogP contribution in [0.3, 0.4) is 0 Å². The molecule has 148 valence electrons. The number of carbonyl (C=O) groups excluding carboxylic acids is 2.